The molecular formula is C8H17N3O3S. The van der Waals surface area contributed by atoms with Gasteiger partial charge < -0.3 is 5.32 Å². The van der Waals surface area contributed by atoms with Crippen LogP contribution in [0, 0.1) is 0 Å². The summed E-state index contributed by atoms with van der Waals surface area (Å²) in [5, 5.41) is 2.22. The number of carbonyl (C=O) groups is 1. The first-order chi connectivity index (χ1) is 7.06. The predicted molar refractivity (Wildman–Crippen MR) is 56.6 cm³/mol. The Morgan fingerprint density at radius 2 is 1.67 bits per heavy atom. The van der Waals surface area contributed by atoms with E-state index in [0.29, 0.717) is 13.1 Å². The molecule has 0 radical (unpaired) electrons. The van der Waals surface area contributed by atoms with Gasteiger partial charge in [0.05, 0.1) is 0 Å². The molecule has 0 unspecified atom stereocenters. The molecule has 7 heteroatoms. The first-order valence-electron chi connectivity index (χ1n) is 5.06. The molecule has 0 atom stereocenters. The minimum Gasteiger partial charge on any atom is -0.340 e. The number of carbonyl (C=O) groups excluding carboxylic acids is 1. The first kappa shape index (κ1) is 12.3. The third kappa shape index (κ3) is 3.67. The number of hydrogen-bond acceptors (Lipinski definition) is 3. The van der Waals surface area contributed by atoms with Gasteiger partial charge in [-0.2, -0.15) is 12.7 Å². The van der Waals surface area contributed by atoms with Gasteiger partial charge in [-0.05, 0) is 12.8 Å². The summed E-state index contributed by atoms with van der Waals surface area (Å²) in [5.41, 5.74) is 0. The Bertz CT molecular complexity index is 307. The van der Waals surface area contributed by atoms with Gasteiger partial charge in [-0.15, -0.1) is 0 Å². The molecule has 1 heterocycles. The summed E-state index contributed by atoms with van der Waals surface area (Å²) < 4.78 is 26.6. The number of hydrogen-bond donors (Lipinski definition) is 2. The van der Waals surface area contributed by atoms with E-state index >= 15 is 0 Å². The van der Waals surface area contributed by atoms with Gasteiger partial charge >= 0.3 is 16.2 Å². The lowest BCUT2D eigenvalue weighted by Crippen LogP contribution is -2.46. The fraction of sp³-hybridized carbons (Fsp3) is 0.875. The number of amides is 2. The van der Waals surface area contributed by atoms with Crippen molar-refractivity contribution in [2.45, 2.75) is 25.7 Å². The van der Waals surface area contributed by atoms with Crippen LogP contribution in [0.3, 0.4) is 0 Å². The number of nitrogens with one attached hydrogen (secondary N) is 2. The summed E-state index contributed by atoms with van der Waals surface area (Å²) in [6, 6.07) is -0.695. The highest BCUT2D eigenvalue weighted by Crippen LogP contribution is 2.11. The molecule has 0 bridgehead atoms. The van der Waals surface area contributed by atoms with Crippen molar-refractivity contribution in [3.05, 3.63) is 0 Å². The van der Waals surface area contributed by atoms with Crippen LogP contribution >= 0.6 is 0 Å². The predicted octanol–water partition coefficient (Wildman–Crippen LogP) is 0.0362. The average molecular weight is 235 g/mol. The molecule has 0 aliphatic carbocycles. The van der Waals surface area contributed by atoms with Gasteiger partial charge in [-0.25, -0.2) is 9.52 Å². The van der Waals surface area contributed by atoms with Crippen LogP contribution < -0.4 is 10.0 Å². The molecule has 0 spiro atoms. The molecule has 1 saturated heterocycles. The Labute approximate surface area is 90.2 Å². The van der Waals surface area contributed by atoms with E-state index in [1.54, 1.807) is 0 Å². The van der Waals surface area contributed by atoms with E-state index in [1.807, 2.05) is 4.72 Å². The first-order valence-corrected chi connectivity index (χ1v) is 6.50. The molecule has 15 heavy (non-hydrogen) atoms. The molecular weight excluding hydrogens is 218 g/mol. The van der Waals surface area contributed by atoms with Crippen LogP contribution in [0.15, 0.2) is 0 Å². The maximum Gasteiger partial charge on any atom is 0.329 e. The fourth-order valence-electron chi connectivity index (χ4n) is 1.51. The summed E-state index contributed by atoms with van der Waals surface area (Å²) in [5.74, 6) is 0. The summed E-state index contributed by atoms with van der Waals surface area (Å²) in [6.45, 7) is 0.985. The van der Waals surface area contributed by atoms with E-state index in [1.165, 1.54) is 11.4 Å². The number of nitrogens with zero attached hydrogens (tertiary/aromatic N) is 1. The largest absolute Gasteiger partial charge is 0.340 e. The topological polar surface area (TPSA) is 78.5 Å². The zero-order valence-electron chi connectivity index (χ0n) is 8.82. The van der Waals surface area contributed by atoms with Crippen LogP contribution in [0.5, 0.6) is 0 Å². The Morgan fingerprint density at radius 1 is 1.13 bits per heavy atom. The number of rotatable bonds is 2. The third-order valence-electron chi connectivity index (χ3n) is 2.35. The van der Waals surface area contributed by atoms with Gasteiger partial charge in [0.15, 0.2) is 0 Å². The molecule has 6 nitrogen and oxygen atoms in total. The summed E-state index contributed by atoms with van der Waals surface area (Å²) >= 11 is 0. The second kappa shape index (κ2) is 5.32. The van der Waals surface area contributed by atoms with Crippen LogP contribution in [0.25, 0.3) is 0 Å². The normalized spacial score (nSPS) is 19.3. The maximum absolute atomic E-state index is 11.7. The summed E-state index contributed by atoms with van der Waals surface area (Å²) in [6.07, 6.45) is 3.81. The quantitative estimate of drug-likeness (QED) is 0.709. The highest BCUT2D eigenvalue weighted by molar-refractivity contribution is 7.87. The van der Waals surface area contributed by atoms with Gasteiger partial charge in [-0.1, -0.05) is 12.8 Å². The lowest BCUT2D eigenvalue weighted by Gasteiger charge is -2.19. The molecule has 1 fully saturated rings. The third-order valence-corrected chi connectivity index (χ3v) is 3.84. The van der Waals surface area contributed by atoms with E-state index in [4.69, 9.17) is 0 Å². The SMILES string of the molecule is CNC(=O)NS(=O)(=O)N1CCCCCC1. The van der Waals surface area contributed by atoms with E-state index in [0.717, 1.165) is 25.7 Å². The summed E-state index contributed by atoms with van der Waals surface area (Å²) in [7, 11) is -2.26. The average Bonchev–Trinajstić information content (AvgIpc) is 2.45. The minimum atomic E-state index is -3.65. The Balaban J connectivity index is 2.62. The van der Waals surface area contributed by atoms with Crippen LogP contribution in [-0.2, 0) is 10.2 Å². The minimum absolute atomic E-state index is 0.492. The molecule has 0 aromatic heterocycles. The highest BCUT2D eigenvalue weighted by Gasteiger charge is 2.24. The monoisotopic (exact) mass is 235 g/mol. The zero-order valence-corrected chi connectivity index (χ0v) is 9.64. The van der Waals surface area contributed by atoms with Crippen molar-refractivity contribution in [3.8, 4) is 0 Å². The van der Waals surface area contributed by atoms with Crippen molar-refractivity contribution >= 4 is 16.2 Å². The van der Waals surface area contributed by atoms with Crippen LogP contribution in [-0.4, -0.2) is 38.9 Å². The van der Waals surface area contributed by atoms with Crippen molar-refractivity contribution in [3.63, 3.8) is 0 Å². The second-order valence-corrected chi connectivity index (χ2v) is 5.17. The van der Waals surface area contributed by atoms with Crippen LogP contribution in [0.2, 0.25) is 0 Å². The van der Waals surface area contributed by atoms with E-state index in [2.05, 4.69) is 5.32 Å². The van der Waals surface area contributed by atoms with Crippen molar-refractivity contribution in [1.29, 1.82) is 0 Å². The van der Waals surface area contributed by atoms with E-state index in [9.17, 15) is 13.2 Å². The lowest BCUT2D eigenvalue weighted by molar-refractivity contribution is 0.247. The molecule has 1 rings (SSSR count). The van der Waals surface area contributed by atoms with Crippen molar-refractivity contribution < 1.29 is 13.2 Å². The Morgan fingerprint density at radius 3 is 2.13 bits per heavy atom. The van der Waals surface area contributed by atoms with Crippen molar-refractivity contribution in [2.75, 3.05) is 20.1 Å². The highest BCUT2D eigenvalue weighted by atomic mass is 32.2. The van der Waals surface area contributed by atoms with E-state index in [-0.39, 0.29) is 0 Å². The molecule has 0 saturated carbocycles. The molecule has 88 valence electrons. The number of urea groups is 1. The second-order valence-electron chi connectivity index (χ2n) is 3.50. The molecule has 2 amide bonds. The van der Waals surface area contributed by atoms with Crippen LogP contribution in [0.1, 0.15) is 25.7 Å². The molecule has 1 aliphatic heterocycles. The lowest BCUT2D eigenvalue weighted by atomic mass is 10.2. The van der Waals surface area contributed by atoms with Gasteiger partial charge in [-0.3, -0.25) is 0 Å². The molecule has 1 aliphatic rings. The van der Waals surface area contributed by atoms with Gasteiger partial charge in [0.25, 0.3) is 0 Å². The van der Waals surface area contributed by atoms with Crippen molar-refractivity contribution in [1.82, 2.24) is 14.3 Å². The zero-order chi connectivity index (χ0) is 11.3. The smallest absolute Gasteiger partial charge is 0.329 e. The molecule has 0 aromatic rings. The standard InChI is InChI=1S/C8H17N3O3S/c1-9-8(12)10-15(13,14)11-6-4-2-3-5-7-11/h2-7H2,1H3,(H2,9,10,12). The Hall–Kier alpha value is -0.820. The van der Waals surface area contributed by atoms with Crippen LogP contribution in [0.4, 0.5) is 4.79 Å². The summed E-state index contributed by atoms with van der Waals surface area (Å²) in [4.78, 5) is 10.9. The van der Waals surface area contributed by atoms with Gasteiger partial charge in [0, 0.05) is 20.1 Å². The molecule has 0 aromatic carbocycles. The fourth-order valence-corrected chi connectivity index (χ4v) is 2.72. The van der Waals surface area contributed by atoms with Gasteiger partial charge in [0.2, 0.25) is 0 Å². The molecule has 2 N–H and O–H groups in total. The van der Waals surface area contributed by atoms with E-state index < -0.39 is 16.2 Å². The maximum atomic E-state index is 11.7. The van der Waals surface area contributed by atoms with Gasteiger partial charge in [0.1, 0.15) is 0 Å². The van der Waals surface area contributed by atoms with Crippen molar-refractivity contribution in [2.24, 2.45) is 0 Å². The Kier molecular flexibility index (Phi) is 4.34.